The summed E-state index contributed by atoms with van der Waals surface area (Å²) in [4.78, 5) is 5.68. The number of thiazole rings is 1. The van der Waals surface area contributed by atoms with Gasteiger partial charge >= 0.3 is 0 Å². The molecule has 3 nitrogen and oxygen atoms in total. The van der Waals surface area contributed by atoms with Gasteiger partial charge in [0.25, 0.3) is 0 Å². The number of aromatic nitrogens is 1. The van der Waals surface area contributed by atoms with Crippen molar-refractivity contribution < 1.29 is 0 Å². The lowest BCUT2D eigenvalue weighted by atomic mass is 9.61. The average Bonchev–Trinajstić information content (AvgIpc) is 2.76. The summed E-state index contributed by atoms with van der Waals surface area (Å²) in [6.07, 6.45) is 4.35. The van der Waals surface area contributed by atoms with E-state index in [0.717, 1.165) is 19.5 Å². The van der Waals surface area contributed by atoms with Gasteiger partial charge in [-0.25, -0.2) is 4.98 Å². The molecule has 1 aromatic heterocycles. The third-order valence-corrected chi connectivity index (χ3v) is 5.97. The highest BCUT2D eigenvalue weighted by Gasteiger charge is 2.41. The van der Waals surface area contributed by atoms with Crippen molar-refractivity contribution in [1.29, 1.82) is 0 Å². The number of nitrogens with two attached hydrogens (primary N) is 1. The summed E-state index contributed by atoms with van der Waals surface area (Å²) in [6, 6.07) is 0.368. The van der Waals surface area contributed by atoms with Crippen LogP contribution in [0.1, 0.15) is 43.5 Å². The van der Waals surface area contributed by atoms with Gasteiger partial charge in [0.1, 0.15) is 5.01 Å². The van der Waals surface area contributed by atoms with Crippen LogP contribution in [0.5, 0.6) is 0 Å². The van der Waals surface area contributed by atoms with Crippen molar-refractivity contribution in [3.8, 4) is 0 Å². The van der Waals surface area contributed by atoms with Crippen LogP contribution in [0.3, 0.4) is 0 Å². The maximum atomic E-state index is 6.21. The molecule has 19 heavy (non-hydrogen) atoms. The molecule has 1 saturated carbocycles. The SMILES string of the molecule is Cc1cnc(CNCC2CCC(N)C(C)C2(C)C)s1. The monoisotopic (exact) mass is 281 g/mol. The second-order valence-corrected chi connectivity index (χ2v) is 7.86. The third-order valence-electron chi connectivity index (χ3n) is 5.05. The van der Waals surface area contributed by atoms with E-state index >= 15 is 0 Å². The predicted octanol–water partition coefficient (Wildman–Crippen LogP) is 2.94. The Hall–Kier alpha value is -0.450. The van der Waals surface area contributed by atoms with Crippen LogP contribution in [0.15, 0.2) is 6.20 Å². The molecule has 3 atom stereocenters. The van der Waals surface area contributed by atoms with Crippen molar-refractivity contribution in [2.45, 2.75) is 53.1 Å². The second kappa shape index (κ2) is 5.90. The summed E-state index contributed by atoms with van der Waals surface area (Å²) in [7, 11) is 0. The van der Waals surface area contributed by atoms with Crippen LogP contribution in [0.25, 0.3) is 0 Å². The number of hydrogen-bond donors (Lipinski definition) is 2. The van der Waals surface area contributed by atoms with Gasteiger partial charge in [0.05, 0.1) is 0 Å². The smallest absolute Gasteiger partial charge is 0.107 e. The number of hydrogen-bond acceptors (Lipinski definition) is 4. The van der Waals surface area contributed by atoms with Gasteiger partial charge in [-0.05, 0) is 43.6 Å². The van der Waals surface area contributed by atoms with Crippen LogP contribution in [-0.2, 0) is 6.54 Å². The highest BCUT2D eigenvalue weighted by molar-refractivity contribution is 7.11. The van der Waals surface area contributed by atoms with E-state index < -0.39 is 0 Å². The van der Waals surface area contributed by atoms with Crippen molar-refractivity contribution >= 4 is 11.3 Å². The first-order valence-corrected chi connectivity index (χ1v) is 8.10. The molecule has 0 bridgehead atoms. The van der Waals surface area contributed by atoms with Crippen LogP contribution in [0.2, 0.25) is 0 Å². The summed E-state index contributed by atoms with van der Waals surface area (Å²) in [5.41, 5.74) is 6.53. The van der Waals surface area contributed by atoms with Gasteiger partial charge < -0.3 is 11.1 Å². The van der Waals surface area contributed by atoms with Gasteiger partial charge in [-0.1, -0.05) is 20.8 Å². The Morgan fingerprint density at radius 1 is 1.47 bits per heavy atom. The molecule has 0 amide bonds. The first kappa shape index (κ1) is 14.9. The molecule has 2 rings (SSSR count). The zero-order chi connectivity index (χ0) is 14.0. The molecule has 0 spiro atoms. The molecule has 3 unspecified atom stereocenters. The van der Waals surface area contributed by atoms with Crippen LogP contribution >= 0.6 is 11.3 Å². The quantitative estimate of drug-likeness (QED) is 0.892. The zero-order valence-electron chi connectivity index (χ0n) is 12.6. The number of rotatable bonds is 4. The summed E-state index contributed by atoms with van der Waals surface area (Å²) >= 11 is 1.78. The van der Waals surface area contributed by atoms with Crippen LogP contribution in [0, 0.1) is 24.2 Å². The van der Waals surface area contributed by atoms with E-state index in [0.29, 0.717) is 23.3 Å². The van der Waals surface area contributed by atoms with E-state index in [9.17, 15) is 0 Å². The largest absolute Gasteiger partial charge is 0.327 e. The highest BCUT2D eigenvalue weighted by atomic mass is 32.1. The van der Waals surface area contributed by atoms with Crippen LogP contribution < -0.4 is 11.1 Å². The lowest BCUT2D eigenvalue weighted by molar-refractivity contribution is 0.0539. The van der Waals surface area contributed by atoms with E-state index in [2.05, 4.69) is 38.0 Å². The molecule has 1 aliphatic carbocycles. The fraction of sp³-hybridized carbons (Fsp3) is 0.800. The number of nitrogens with one attached hydrogen (secondary N) is 1. The Morgan fingerprint density at radius 2 is 2.21 bits per heavy atom. The molecule has 3 N–H and O–H groups in total. The Morgan fingerprint density at radius 3 is 2.84 bits per heavy atom. The molecule has 1 fully saturated rings. The van der Waals surface area contributed by atoms with Crippen molar-refractivity contribution in [3.05, 3.63) is 16.1 Å². The minimum Gasteiger partial charge on any atom is -0.327 e. The van der Waals surface area contributed by atoms with Crippen molar-refractivity contribution in [3.63, 3.8) is 0 Å². The van der Waals surface area contributed by atoms with Gasteiger partial charge in [-0.2, -0.15) is 0 Å². The van der Waals surface area contributed by atoms with Crippen molar-refractivity contribution in [2.75, 3.05) is 6.54 Å². The molecule has 0 radical (unpaired) electrons. The molecule has 4 heteroatoms. The zero-order valence-corrected chi connectivity index (χ0v) is 13.4. The Labute approximate surface area is 121 Å². The maximum absolute atomic E-state index is 6.21. The summed E-state index contributed by atoms with van der Waals surface area (Å²) in [5.74, 6) is 1.30. The lowest BCUT2D eigenvalue weighted by Crippen LogP contribution is -2.49. The Bertz CT molecular complexity index is 413. The van der Waals surface area contributed by atoms with Crippen LogP contribution in [-0.4, -0.2) is 17.6 Å². The normalized spacial score (nSPS) is 30.5. The fourth-order valence-corrected chi connectivity index (χ4v) is 3.90. The third kappa shape index (κ3) is 3.36. The van der Waals surface area contributed by atoms with E-state index in [1.807, 2.05) is 6.20 Å². The molecule has 1 aliphatic rings. The van der Waals surface area contributed by atoms with Gasteiger partial charge in [0, 0.05) is 23.7 Å². The summed E-state index contributed by atoms with van der Waals surface area (Å²) in [6.45, 7) is 11.1. The molecule has 0 saturated heterocycles. The summed E-state index contributed by atoms with van der Waals surface area (Å²) in [5, 5.41) is 4.77. The topological polar surface area (TPSA) is 50.9 Å². The number of aryl methyl sites for hydroxylation is 1. The molecule has 0 aromatic carbocycles. The first-order chi connectivity index (χ1) is 8.91. The van der Waals surface area contributed by atoms with E-state index in [4.69, 9.17) is 5.73 Å². The second-order valence-electron chi connectivity index (χ2n) is 6.54. The minimum atomic E-state index is 0.323. The van der Waals surface area contributed by atoms with E-state index in [1.165, 1.54) is 16.3 Å². The van der Waals surface area contributed by atoms with Gasteiger partial charge in [-0.3, -0.25) is 0 Å². The minimum absolute atomic E-state index is 0.323. The highest BCUT2D eigenvalue weighted by Crippen LogP contribution is 2.43. The Balaban J connectivity index is 1.85. The Kier molecular flexibility index (Phi) is 4.64. The average molecular weight is 281 g/mol. The predicted molar refractivity (Wildman–Crippen MR) is 82.2 cm³/mol. The molecule has 0 aliphatic heterocycles. The molecule has 1 aromatic rings. The van der Waals surface area contributed by atoms with Crippen molar-refractivity contribution in [2.24, 2.45) is 23.0 Å². The van der Waals surface area contributed by atoms with E-state index in [1.54, 1.807) is 11.3 Å². The standard InChI is InChI=1S/C15H27N3S/c1-10-7-18-14(19-10)9-17-8-12-5-6-13(16)11(2)15(12,3)4/h7,11-13,17H,5-6,8-9,16H2,1-4H3. The maximum Gasteiger partial charge on any atom is 0.107 e. The summed E-state index contributed by atoms with van der Waals surface area (Å²) < 4.78 is 0. The molecular formula is C15H27N3S. The van der Waals surface area contributed by atoms with Crippen LogP contribution in [0.4, 0.5) is 0 Å². The molecule has 108 valence electrons. The van der Waals surface area contributed by atoms with E-state index in [-0.39, 0.29) is 0 Å². The number of nitrogens with zero attached hydrogens (tertiary/aromatic N) is 1. The van der Waals surface area contributed by atoms with Crippen molar-refractivity contribution in [1.82, 2.24) is 10.3 Å². The fourth-order valence-electron chi connectivity index (χ4n) is 3.14. The molecule has 1 heterocycles. The van der Waals surface area contributed by atoms with Gasteiger partial charge in [-0.15, -0.1) is 11.3 Å². The van der Waals surface area contributed by atoms with Gasteiger partial charge in [0.15, 0.2) is 0 Å². The lowest BCUT2D eigenvalue weighted by Gasteiger charge is -2.47. The first-order valence-electron chi connectivity index (χ1n) is 7.29. The van der Waals surface area contributed by atoms with Gasteiger partial charge in [0.2, 0.25) is 0 Å². The molecular weight excluding hydrogens is 254 g/mol.